The molecular formula is C19H23BFNO3. The number of allylic oxidation sites excluding steroid dienone is 1. The molecule has 0 bridgehead atoms. The molecule has 1 aromatic carbocycles. The second kappa shape index (κ2) is 5.35. The quantitative estimate of drug-likeness (QED) is 0.818. The van der Waals surface area contributed by atoms with Crippen LogP contribution in [0.15, 0.2) is 34.4 Å². The van der Waals surface area contributed by atoms with Gasteiger partial charge in [0.15, 0.2) is 5.76 Å². The predicted molar refractivity (Wildman–Crippen MR) is 97.5 cm³/mol. The molecule has 1 saturated carbocycles. The first-order valence-electron chi connectivity index (χ1n) is 8.74. The summed E-state index contributed by atoms with van der Waals surface area (Å²) < 4.78 is 33.1. The van der Waals surface area contributed by atoms with Gasteiger partial charge < -0.3 is 19.5 Å². The summed E-state index contributed by atoms with van der Waals surface area (Å²) >= 11 is 0. The topological polar surface area (TPSA) is 57.6 Å². The van der Waals surface area contributed by atoms with Crippen molar-refractivity contribution >= 4 is 29.3 Å². The summed E-state index contributed by atoms with van der Waals surface area (Å²) in [4.78, 5) is 0. The monoisotopic (exact) mass is 343 g/mol. The Morgan fingerprint density at radius 3 is 2.28 bits per heavy atom. The van der Waals surface area contributed by atoms with Crippen molar-refractivity contribution in [2.75, 3.05) is 5.73 Å². The number of para-hydroxylation sites is 1. The number of nitrogens with two attached hydrogens (primary N) is 1. The van der Waals surface area contributed by atoms with E-state index in [2.05, 4.69) is 0 Å². The van der Waals surface area contributed by atoms with E-state index in [0.29, 0.717) is 22.6 Å². The second-order valence-electron chi connectivity index (χ2n) is 7.97. The SMILES string of the molecule is CC1(C)OB(C(F)=C(c2oc3ccccc3c2N)C2CC2)OC1(C)C. The number of hydrogen-bond donors (Lipinski definition) is 1. The van der Waals surface area contributed by atoms with Gasteiger partial charge in [0.05, 0.1) is 16.9 Å². The minimum absolute atomic E-state index is 0.0990. The molecule has 1 aliphatic carbocycles. The fourth-order valence-electron chi connectivity index (χ4n) is 3.20. The van der Waals surface area contributed by atoms with E-state index in [0.717, 1.165) is 18.2 Å². The molecule has 4 nitrogen and oxygen atoms in total. The van der Waals surface area contributed by atoms with Gasteiger partial charge in [-0.25, -0.2) is 4.39 Å². The second-order valence-corrected chi connectivity index (χ2v) is 7.97. The van der Waals surface area contributed by atoms with Gasteiger partial charge in [-0.3, -0.25) is 0 Å². The third-order valence-corrected chi connectivity index (χ3v) is 5.58. The number of hydrogen-bond acceptors (Lipinski definition) is 4. The summed E-state index contributed by atoms with van der Waals surface area (Å²) in [6, 6.07) is 7.49. The molecule has 2 N–H and O–H groups in total. The van der Waals surface area contributed by atoms with Gasteiger partial charge in [-0.2, -0.15) is 0 Å². The van der Waals surface area contributed by atoms with Gasteiger partial charge in [-0.1, -0.05) is 12.1 Å². The largest absolute Gasteiger partial charge is 0.525 e. The lowest BCUT2D eigenvalue weighted by Gasteiger charge is -2.32. The highest BCUT2D eigenvalue weighted by Crippen LogP contribution is 2.49. The zero-order valence-corrected chi connectivity index (χ0v) is 15.1. The molecule has 6 heteroatoms. The summed E-state index contributed by atoms with van der Waals surface area (Å²) in [5.41, 5.74) is 6.29. The molecule has 1 aromatic heterocycles. The summed E-state index contributed by atoms with van der Waals surface area (Å²) in [6.07, 6.45) is 1.83. The maximum Gasteiger partial charge on any atom is 0.525 e. The fraction of sp³-hybridized carbons (Fsp3) is 0.474. The van der Waals surface area contributed by atoms with Crippen molar-refractivity contribution < 1.29 is 18.1 Å². The standard InChI is InChI=1S/C19H23BFNO3/c1-18(2)19(3,4)25-20(24-18)17(21)14(11-9-10-11)16-15(22)12-7-5-6-8-13(12)23-16/h5-8,11H,9-10,22H2,1-4H3. The van der Waals surface area contributed by atoms with Gasteiger partial charge in [0.2, 0.25) is 0 Å². The number of halogens is 1. The van der Waals surface area contributed by atoms with E-state index in [1.54, 1.807) is 0 Å². The first kappa shape index (κ1) is 16.7. The molecule has 2 heterocycles. The highest BCUT2D eigenvalue weighted by molar-refractivity contribution is 6.55. The third kappa shape index (κ3) is 2.59. The zero-order valence-electron chi connectivity index (χ0n) is 15.1. The molecule has 0 amide bonds. The molecule has 0 atom stereocenters. The minimum atomic E-state index is -1.03. The minimum Gasteiger partial charge on any atom is -0.454 e. The Labute approximate surface area is 147 Å². The van der Waals surface area contributed by atoms with E-state index >= 15 is 4.39 Å². The predicted octanol–water partition coefficient (Wildman–Crippen LogP) is 4.74. The first-order valence-corrected chi connectivity index (χ1v) is 8.74. The van der Waals surface area contributed by atoms with E-state index < -0.39 is 24.0 Å². The van der Waals surface area contributed by atoms with Crippen LogP contribution >= 0.6 is 0 Å². The zero-order chi connectivity index (χ0) is 18.0. The number of furan rings is 1. The molecule has 0 radical (unpaired) electrons. The maximum atomic E-state index is 15.5. The summed E-state index contributed by atoms with van der Waals surface area (Å²) in [7, 11) is -1.03. The van der Waals surface area contributed by atoms with Crippen molar-refractivity contribution in [1.82, 2.24) is 0 Å². The van der Waals surface area contributed by atoms with Crippen molar-refractivity contribution in [3.63, 3.8) is 0 Å². The molecule has 2 aromatic rings. The van der Waals surface area contributed by atoms with Crippen LogP contribution in [0.5, 0.6) is 0 Å². The molecule has 132 valence electrons. The summed E-state index contributed by atoms with van der Waals surface area (Å²) in [6.45, 7) is 7.64. The number of anilines is 1. The highest BCUT2D eigenvalue weighted by atomic mass is 19.1. The molecule has 25 heavy (non-hydrogen) atoms. The van der Waals surface area contributed by atoms with Crippen molar-refractivity contribution in [3.05, 3.63) is 35.8 Å². The van der Waals surface area contributed by atoms with Gasteiger partial charge in [0, 0.05) is 11.0 Å². The van der Waals surface area contributed by atoms with Gasteiger partial charge in [-0.15, -0.1) is 0 Å². The molecule has 0 unspecified atom stereocenters. The van der Waals surface area contributed by atoms with Gasteiger partial charge >= 0.3 is 7.12 Å². The molecule has 2 aliphatic rings. The van der Waals surface area contributed by atoms with E-state index in [1.165, 1.54) is 0 Å². The molecular weight excluding hydrogens is 320 g/mol. The average molecular weight is 343 g/mol. The van der Waals surface area contributed by atoms with E-state index in [4.69, 9.17) is 19.5 Å². The Morgan fingerprint density at radius 1 is 1.12 bits per heavy atom. The van der Waals surface area contributed by atoms with Crippen LogP contribution in [0, 0.1) is 5.92 Å². The highest BCUT2D eigenvalue weighted by Gasteiger charge is 2.54. The molecule has 2 fully saturated rings. The number of fused-ring (bicyclic) bond motifs is 1. The van der Waals surface area contributed by atoms with Crippen LogP contribution in [0.1, 0.15) is 46.3 Å². The molecule has 0 spiro atoms. The van der Waals surface area contributed by atoms with Crippen LogP contribution in [0.4, 0.5) is 10.1 Å². The fourth-order valence-corrected chi connectivity index (χ4v) is 3.20. The van der Waals surface area contributed by atoms with Gasteiger partial charge in [0.25, 0.3) is 0 Å². The summed E-state index contributed by atoms with van der Waals surface area (Å²) in [5.74, 6) is 0.512. The van der Waals surface area contributed by atoms with Gasteiger partial charge in [0.1, 0.15) is 11.3 Å². The van der Waals surface area contributed by atoms with E-state index in [1.807, 2.05) is 52.0 Å². The van der Waals surface area contributed by atoms with Crippen molar-refractivity contribution in [2.24, 2.45) is 5.92 Å². The summed E-state index contributed by atoms with van der Waals surface area (Å²) in [5, 5.41) is 0.803. The Hall–Kier alpha value is -1.79. The lowest BCUT2D eigenvalue weighted by Crippen LogP contribution is -2.41. The van der Waals surface area contributed by atoms with Crippen LogP contribution in [0.25, 0.3) is 16.5 Å². The number of nitrogen functional groups attached to an aromatic ring is 1. The van der Waals surface area contributed by atoms with Crippen LogP contribution in [0.3, 0.4) is 0 Å². The lowest BCUT2D eigenvalue weighted by atomic mass is 9.82. The van der Waals surface area contributed by atoms with E-state index in [9.17, 15) is 0 Å². The smallest absolute Gasteiger partial charge is 0.454 e. The van der Waals surface area contributed by atoms with E-state index in [-0.39, 0.29) is 5.92 Å². The Balaban J connectivity index is 1.81. The molecule has 1 saturated heterocycles. The number of rotatable bonds is 3. The normalized spacial score (nSPS) is 23.2. The van der Waals surface area contributed by atoms with Crippen LogP contribution < -0.4 is 5.73 Å². The average Bonchev–Trinajstić information content (AvgIpc) is 3.27. The molecule has 4 rings (SSSR count). The van der Waals surface area contributed by atoms with Crippen molar-refractivity contribution in [2.45, 2.75) is 51.7 Å². The van der Waals surface area contributed by atoms with Crippen LogP contribution in [-0.2, 0) is 9.31 Å². The lowest BCUT2D eigenvalue weighted by molar-refractivity contribution is 0.00578. The van der Waals surface area contributed by atoms with Crippen LogP contribution in [-0.4, -0.2) is 18.3 Å². The Kier molecular flexibility index (Phi) is 3.57. The van der Waals surface area contributed by atoms with Crippen LogP contribution in [0.2, 0.25) is 0 Å². The third-order valence-electron chi connectivity index (χ3n) is 5.58. The Morgan fingerprint density at radius 2 is 1.72 bits per heavy atom. The van der Waals surface area contributed by atoms with Crippen molar-refractivity contribution in [3.8, 4) is 0 Å². The molecule has 1 aliphatic heterocycles. The Bertz CT molecular complexity index is 851. The maximum absolute atomic E-state index is 15.5. The number of benzene rings is 1. The van der Waals surface area contributed by atoms with Gasteiger partial charge in [-0.05, 0) is 58.6 Å². The first-order chi connectivity index (χ1) is 11.7. The van der Waals surface area contributed by atoms with Crippen molar-refractivity contribution in [1.29, 1.82) is 0 Å².